The van der Waals surface area contributed by atoms with Crippen LogP contribution in [0.4, 0.5) is 15.9 Å². The average Bonchev–Trinajstić information content (AvgIpc) is 3.45. The molecule has 0 bridgehead atoms. The molecule has 38 heavy (non-hydrogen) atoms. The van der Waals surface area contributed by atoms with E-state index < -0.39 is 5.82 Å². The smallest absolute Gasteiger partial charge is 0.161 e. The molecule has 3 aromatic carbocycles. The second-order valence-corrected chi connectivity index (χ2v) is 9.76. The van der Waals surface area contributed by atoms with E-state index >= 15 is 0 Å². The number of hydrogen-bond donors (Lipinski definition) is 1. The van der Waals surface area contributed by atoms with Crippen molar-refractivity contribution >= 4 is 45.8 Å². The Morgan fingerprint density at radius 2 is 1.74 bits per heavy atom. The molecular formula is C28H24ClFN4O3S. The predicted octanol–water partition coefficient (Wildman–Crippen LogP) is 7.27. The van der Waals surface area contributed by atoms with Crippen LogP contribution in [0.15, 0.2) is 83.1 Å². The van der Waals surface area contributed by atoms with Crippen LogP contribution >= 0.6 is 23.4 Å². The van der Waals surface area contributed by atoms with Gasteiger partial charge in [-0.1, -0.05) is 29.4 Å². The summed E-state index contributed by atoms with van der Waals surface area (Å²) in [6, 6.07) is 16.2. The molecule has 0 fully saturated rings. The first kappa shape index (κ1) is 25.7. The van der Waals surface area contributed by atoms with Crippen molar-refractivity contribution in [3.63, 3.8) is 0 Å². The molecule has 0 amide bonds. The fourth-order valence-electron chi connectivity index (χ4n) is 4.11. The lowest BCUT2D eigenvalue weighted by Crippen LogP contribution is -2.18. The molecule has 2 aromatic heterocycles. The fourth-order valence-corrected chi connectivity index (χ4v) is 5.22. The van der Waals surface area contributed by atoms with Gasteiger partial charge in [-0.05, 0) is 48.0 Å². The van der Waals surface area contributed by atoms with Crippen molar-refractivity contribution in [1.29, 1.82) is 0 Å². The van der Waals surface area contributed by atoms with Gasteiger partial charge in [0.15, 0.2) is 11.5 Å². The molecule has 0 saturated heterocycles. The summed E-state index contributed by atoms with van der Waals surface area (Å²) in [6.45, 7) is 0.390. The average molecular weight is 551 g/mol. The number of H-pyrrole nitrogens is 1. The van der Waals surface area contributed by atoms with Gasteiger partial charge in [0, 0.05) is 41.0 Å². The first-order valence-corrected chi connectivity index (χ1v) is 12.8. The summed E-state index contributed by atoms with van der Waals surface area (Å²) in [7, 11) is 4.82. The van der Waals surface area contributed by atoms with Crippen molar-refractivity contribution in [3.05, 3.63) is 89.7 Å². The van der Waals surface area contributed by atoms with Crippen molar-refractivity contribution in [2.75, 3.05) is 26.2 Å². The summed E-state index contributed by atoms with van der Waals surface area (Å²) in [5.41, 5.74) is 2.29. The van der Waals surface area contributed by atoms with Crippen LogP contribution in [0.2, 0.25) is 5.02 Å². The van der Waals surface area contributed by atoms with Crippen LogP contribution in [-0.4, -0.2) is 36.3 Å². The minimum Gasteiger partial charge on any atom is -0.495 e. The van der Waals surface area contributed by atoms with Crippen molar-refractivity contribution in [3.8, 4) is 17.2 Å². The highest BCUT2D eigenvalue weighted by Gasteiger charge is 2.20. The number of aromatic amines is 1. The van der Waals surface area contributed by atoms with Gasteiger partial charge in [-0.25, -0.2) is 14.4 Å². The van der Waals surface area contributed by atoms with Gasteiger partial charge in [-0.2, -0.15) is 0 Å². The quantitative estimate of drug-likeness (QED) is 0.207. The Morgan fingerprint density at radius 1 is 0.921 bits per heavy atom. The number of halogens is 2. The summed E-state index contributed by atoms with van der Waals surface area (Å²) in [4.78, 5) is 16.1. The molecule has 0 aliphatic rings. The first-order valence-electron chi connectivity index (χ1n) is 11.6. The Hall–Kier alpha value is -3.95. The van der Waals surface area contributed by atoms with Crippen LogP contribution in [0.1, 0.15) is 5.56 Å². The third-order valence-electron chi connectivity index (χ3n) is 5.96. The second kappa shape index (κ2) is 11.2. The van der Waals surface area contributed by atoms with Crippen LogP contribution in [0.5, 0.6) is 17.2 Å². The molecular weight excluding hydrogens is 527 g/mol. The van der Waals surface area contributed by atoms with Gasteiger partial charge < -0.3 is 24.1 Å². The van der Waals surface area contributed by atoms with Crippen molar-refractivity contribution < 1.29 is 18.6 Å². The largest absolute Gasteiger partial charge is 0.495 e. The Bertz CT molecular complexity index is 1580. The topological polar surface area (TPSA) is 72.5 Å². The van der Waals surface area contributed by atoms with Gasteiger partial charge in [0.05, 0.1) is 36.8 Å². The third-order valence-corrected chi connectivity index (χ3v) is 7.27. The van der Waals surface area contributed by atoms with Crippen LogP contribution in [0.25, 0.3) is 10.9 Å². The van der Waals surface area contributed by atoms with Gasteiger partial charge >= 0.3 is 0 Å². The van der Waals surface area contributed by atoms with E-state index in [0.717, 1.165) is 20.7 Å². The zero-order chi connectivity index (χ0) is 26.6. The van der Waals surface area contributed by atoms with Crippen LogP contribution in [0, 0.1) is 5.82 Å². The lowest BCUT2D eigenvalue weighted by Gasteiger charge is -2.26. The lowest BCUT2D eigenvalue weighted by molar-refractivity contribution is 0.354. The van der Waals surface area contributed by atoms with Crippen molar-refractivity contribution in [2.45, 2.75) is 16.3 Å². The molecule has 0 radical (unpaired) electrons. The lowest BCUT2D eigenvalue weighted by atomic mass is 10.1. The molecule has 0 saturated carbocycles. The maximum Gasteiger partial charge on any atom is 0.161 e. The van der Waals surface area contributed by atoms with Crippen LogP contribution in [0.3, 0.4) is 0 Å². The Kier molecular flexibility index (Phi) is 7.57. The molecule has 10 heteroatoms. The Labute approximate surface area is 228 Å². The summed E-state index contributed by atoms with van der Waals surface area (Å²) in [5, 5.41) is 0.816. The summed E-state index contributed by atoms with van der Waals surface area (Å²) in [6.07, 6.45) is 5.29. The van der Waals surface area contributed by atoms with E-state index in [1.54, 1.807) is 45.2 Å². The highest BCUT2D eigenvalue weighted by Crippen LogP contribution is 2.41. The summed E-state index contributed by atoms with van der Waals surface area (Å²) >= 11 is 7.77. The monoisotopic (exact) mass is 550 g/mol. The predicted molar refractivity (Wildman–Crippen MR) is 148 cm³/mol. The molecule has 0 atom stereocenters. The van der Waals surface area contributed by atoms with E-state index in [9.17, 15) is 4.39 Å². The first-order chi connectivity index (χ1) is 18.5. The molecule has 194 valence electrons. The fraction of sp³-hybridized carbons (Fsp3) is 0.143. The highest BCUT2D eigenvalue weighted by atomic mass is 35.5. The van der Waals surface area contributed by atoms with Crippen molar-refractivity contribution in [1.82, 2.24) is 15.0 Å². The molecule has 0 spiro atoms. The zero-order valence-electron chi connectivity index (χ0n) is 20.9. The van der Waals surface area contributed by atoms with E-state index in [0.29, 0.717) is 40.8 Å². The standard InChI is InChI=1S/C28H24ClFN4O3S/c1-35-24-7-4-17(10-25(24)36-2)15-34(18-5-6-22(30)21(29)11-18)28-20-12-27(38-19-8-9-31-14-19)26(37-3)13-23(20)32-16-33-28/h4-14,16,31H,15H2,1-3H3. The molecule has 0 aliphatic heterocycles. The Morgan fingerprint density at radius 3 is 2.45 bits per heavy atom. The number of benzene rings is 3. The molecule has 0 unspecified atom stereocenters. The third kappa shape index (κ3) is 5.20. The normalized spacial score (nSPS) is 11.0. The minimum absolute atomic E-state index is 0.0172. The van der Waals surface area contributed by atoms with Gasteiger partial charge in [0.25, 0.3) is 0 Å². The zero-order valence-corrected chi connectivity index (χ0v) is 22.4. The van der Waals surface area contributed by atoms with Gasteiger partial charge in [0.2, 0.25) is 0 Å². The molecule has 2 heterocycles. The Balaban J connectivity index is 1.66. The highest BCUT2D eigenvalue weighted by molar-refractivity contribution is 7.99. The van der Waals surface area contributed by atoms with Gasteiger partial charge in [0.1, 0.15) is 23.7 Å². The molecule has 5 aromatic rings. The molecule has 5 rings (SSSR count). The van der Waals surface area contributed by atoms with Crippen molar-refractivity contribution in [2.24, 2.45) is 0 Å². The number of nitrogens with one attached hydrogen (secondary N) is 1. The van der Waals surface area contributed by atoms with Gasteiger partial charge in [-0.15, -0.1) is 0 Å². The summed E-state index contributed by atoms with van der Waals surface area (Å²) < 4.78 is 30.7. The van der Waals surface area contributed by atoms with E-state index in [1.807, 2.05) is 53.7 Å². The minimum atomic E-state index is -0.496. The number of rotatable bonds is 9. The van der Waals surface area contributed by atoms with E-state index in [4.69, 9.17) is 25.8 Å². The van der Waals surface area contributed by atoms with Crippen LogP contribution < -0.4 is 19.1 Å². The molecule has 0 aliphatic carbocycles. The van der Waals surface area contributed by atoms with E-state index in [1.165, 1.54) is 12.4 Å². The molecule has 1 N–H and O–H groups in total. The maximum atomic E-state index is 14.1. The maximum absolute atomic E-state index is 14.1. The van der Waals surface area contributed by atoms with Gasteiger partial charge in [-0.3, -0.25) is 0 Å². The van der Waals surface area contributed by atoms with Crippen LogP contribution in [-0.2, 0) is 6.54 Å². The van der Waals surface area contributed by atoms with E-state index in [2.05, 4.69) is 15.0 Å². The number of methoxy groups -OCH3 is 3. The summed E-state index contributed by atoms with van der Waals surface area (Å²) in [5.74, 6) is 2.06. The number of nitrogens with zero attached hydrogens (tertiary/aromatic N) is 3. The second-order valence-electron chi connectivity index (χ2n) is 8.24. The number of aromatic nitrogens is 3. The number of anilines is 2. The number of ether oxygens (including phenoxy) is 3. The van der Waals surface area contributed by atoms with E-state index in [-0.39, 0.29) is 5.02 Å². The number of fused-ring (bicyclic) bond motifs is 1. The number of hydrogen-bond acceptors (Lipinski definition) is 7. The SMILES string of the molecule is COc1ccc(CN(c2ccc(F)c(Cl)c2)c2ncnc3cc(OC)c(Sc4cc[nH]c4)cc23)cc1OC. The molecule has 7 nitrogen and oxygen atoms in total.